The van der Waals surface area contributed by atoms with Gasteiger partial charge in [0.15, 0.2) is 5.97 Å². The topological polar surface area (TPSA) is 40.5 Å². The molecular weight excluding hydrogens is 165 g/mol. The molecule has 0 bridgehead atoms. The molecule has 0 atom stereocenters. The van der Waals surface area contributed by atoms with Crippen molar-refractivity contribution in [3.8, 4) is 0 Å². The normalized spacial score (nSPS) is 9.25. The van der Waals surface area contributed by atoms with Crippen LogP contribution in [0.2, 0.25) is 0 Å². The summed E-state index contributed by atoms with van der Waals surface area (Å²) in [5.74, 6) is -0.822. The summed E-state index contributed by atoms with van der Waals surface area (Å²) < 4.78 is 0. The molecule has 0 amide bonds. The van der Waals surface area contributed by atoms with Crippen molar-refractivity contribution >= 4 is 5.97 Å². The van der Waals surface area contributed by atoms with Gasteiger partial charge in [0.2, 0.25) is 0 Å². The third-order valence-electron chi connectivity index (χ3n) is 1.66. The van der Waals surface area contributed by atoms with Crippen LogP contribution in [0.3, 0.4) is 0 Å². The molecule has 12 heavy (non-hydrogen) atoms. The standard InChI is InChI=1S/C8H16NO2.Na/c1-3-9(4-2)7-5-6-8(10)11;/h6H,3-5,7H2,1-2H3,(H,10,11);/q-1;+1. The number of hydrogen-bond acceptors (Lipinski definition) is 2. The zero-order chi connectivity index (χ0) is 8.69. The molecule has 0 aliphatic rings. The van der Waals surface area contributed by atoms with E-state index in [2.05, 4.69) is 18.7 Å². The largest absolute Gasteiger partial charge is 1.00 e. The first-order chi connectivity index (χ1) is 5.20. The summed E-state index contributed by atoms with van der Waals surface area (Å²) in [5, 5.41) is 8.30. The van der Waals surface area contributed by atoms with E-state index in [-0.39, 0.29) is 29.6 Å². The van der Waals surface area contributed by atoms with Crippen LogP contribution in [0.25, 0.3) is 0 Å². The second-order valence-corrected chi connectivity index (χ2v) is 2.36. The van der Waals surface area contributed by atoms with Gasteiger partial charge in [-0.3, -0.25) is 11.2 Å². The second-order valence-electron chi connectivity index (χ2n) is 2.36. The molecule has 0 aromatic heterocycles. The smallest absolute Gasteiger partial charge is 0.503 e. The average molecular weight is 181 g/mol. The Morgan fingerprint density at radius 3 is 2.25 bits per heavy atom. The second kappa shape index (κ2) is 9.39. The number of carboxylic acid groups (broad SMARTS) is 1. The van der Waals surface area contributed by atoms with E-state index in [1.165, 1.54) is 6.42 Å². The van der Waals surface area contributed by atoms with Gasteiger partial charge >= 0.3 is 29.6 Å². The van der Waals surface area contributed by atoms with E-state index >= 15 is 0 Å². The van der Waals surface area contributed by atoms with Gasteiger partial charge in [-0.1, -0.05) is 13.8 Å². The number of hydrogen-bond donors (Lipinski definition) is 1. The van der Waals surface area contributed by atoms with Crippen LogP contribution in [0.4, 0.5) is 0 Å². The Morgan fingerprint density at radius 1 is 1.42 bits per heavy atom. The van der Waals surface area contributed by atoms with Gasteiger partial charge < -0.3 is 10.0 Å². The van der Waals surface area contributed by atoms with Gasteiger partial charge in [0.1, 0.15) is 0 Å². The molecule has 0 aliphatic carbocycles. The summed E-state index contributed by atoms with van der Waals surface area (Å²) >= 11 is 0. The molecule has 0 saturated carbocycles. The van der Waals surface area contributed by atoms with Crippen LogP contribution in [0.15, 0.2) is 0 Å². The number of aliphatic carboxylic acids is 1. The molecule has 0 saturated heterocycles. The number of carbonyl (C=O) groups is 1. The molecule has 0 fully saturated rings. The first-order valence-corrected chi connectivity index (χ1v) is 3.99. The Labute approximate surface area is 96.4 Å². The monoisotopic (exact) mass is 181 g/mol. The van der Waals surface area contributed by atoms with Gasteiger partial charge in [0.25, 0.3) is 0 Å². The van der Waals surface area contributed by atoms with Gasteiger partial charge in [-0.05, 0) is 19.6 Å². The maximum atomic E-state index is 10.1. The van der Waals surface area contributed by atoms with Crippen molar-refractivity contribution in [2.24, 2.45) is 0 Å². The summed E-state index contributed by atoms with van der Waals surface area (Å²) in [4.78, 5) is 12.3. The van der Waals surface area contributed by atoms with Gasteiger partial charge in [-0.25, -0.2) is 0 Å². The molecule has 0 aromatic rings. The van der Waals surface area contributed by atoms with E-state index in [0.717, 1.165) is 19.6 Å². The minimum absolute atomic E-state index is 0. The van der Waals surface area contributed by atoms with Crippen LogP contribution in [0, 0.1) is 6.42 Å². The summed E-state index contributed by atoms with van der Waals surface area (Å²) in [5.41, 5.74) is 0. The maximum absolute atomic E-state index is 10.1. The molecule has 0 spiro atoms. The van der Waals surface area contributed by atoms with Gasteiger partial charge in [0.05, 0.1) is 0 Å². The molecule has 4 heteroatoms. The van der Waals surface area contributed by atoms with Crippen LogP contribution in [-0.2, 0) is 4.79 Å². The predicted octanol–water partition coefficient (Wildman–Crippen LogP) is -1.99. The van der Waals surface area contributed by atoms with Crippen molar-refractivity contribution in [2.75, 3.05) is 19.6 Å². The van der Waals surface area contributed by atoms with Crippen molar-refractivity contribution < 1.29 is 39.5 Å². The van der Waals surface area contributed by atoms with E-state index in [1.807, 2.05) is 0 Å². The Hall–Kier alpha value is 0.300. The molecule has 0 rings (SSSR count). The molecule has 0 radical (unpaired) electrons. The number of nitrogens with zero attached hydrogens (tertiary/aromatic N) is 1. The molecule has 0 heterocycles. The molecule has 66 valence electrons. The zero-order valence-corrected chi connectivity index (χ0v) is 10.2. The molecule has 0 aliphatic heterocycles. The summed E-state index contributed by atoms with van der Waals surface area (Å²) in [6.45, 7) is 6.97. The Balaban J connectivity index is 0. The van der Waals surface area contributed by atoms with Crippen LogP contribution in [-0.4, -0.2) is 35.6 Å². The van der Waals surface area contributed by atoms with Crippen LogP contribution in [0.5, 0.6) is 0 Å². The van der Waals surface area contributed by atoms with Crippen molar-refractivity contribution in [3.05, 3.63) is 6.42 Å². The van der Waals surface area contributed by atoms with E-state index in [4.69, 9.17) is 5.11 Å². The minimum atomic E-state index is -0.822. The van der Waals surface area contributed by atoms with Crippen molar-refractivity contribution in [1.29, 1.82) is 0 Å². The summed E-state index contributed by atoms with van der Waals surface area (Å²) in [6, 6.07) is 0. The molecule has 0 aromatic carbocycles. The minimum Gasteiger partial charge on any atom is -0.503 e. The quantitative estimate of drug-likeness (QED) is 0.381. The van der Waals surface area contributed by atoms with E-state index < -0.39 is 5.97 Å². The third kappa shape index (κ3) is 8.40. The third-order valence-corrected chi connectivity index (χ3v) is 1.66. The first-order valence-electron chi connectivity index (χ1n) is 3.99. The zero-order valence-electron chi connectivity index (χ0n) is 8.21. The molecule has 1 N–H and O–H groups in total. The summed E-state index contributed by atoms with van der Waals surface area (Å²) in [6.07, 6.45) is 1.94. The van der Waals surface area contributed by atoms with Gasteiger partial charge in [-0.2, -0.15) is 0 Å². The van der Waals surface area contributed by atoms with E-state index in [0.29, 0.717) is 6.42 Å². The fourth-order valence-electron chi connectivity index (χ4n) is 0.910. The van der Waals surface area contributed by atoms with Crippen LogP contribution < -0.4 is 29.6 Å². The van der Waals surface area contributed by atoms with Crippen molar-refractivity contribution in [3.63, 3.8) is 0 Å². The Bertz CT molecular complexity index is 116. The van der Waals surface area contributed by atoms with Crippen LogP contribution in [0.1, 0.15) is 20.3 Å². The van der Waals surface area contributed by atoms with Crippen molar-refractivity contribution in [1.82, 2.24) is 4.90 Å². The van der Waals surface area contributed by atoms with Gasteiger partial charge in [-0.15, -0.1) is 6.42 Å². The molecular formula is C8H16NNaO2. The van der Waals surface area contributed by atoms with E-state index in [9.17, 15) is 4.79 Å². The molecule has 0 unspecified atom stereocenters. The first kappa shape index (κ1) is 14.8. The summed E-state index contributed by atoms with van der Waals surface area (Å²) in [7, 11) is 0. The number of carboxylic acids is 1. The maximum Gasteiger partial charge on any atom is 1.00 e. The van der Waals surface area contributed by atoms with E-state index in [1.54, 1.807) is 0 Å². The fraction of sp³-hybridized carbons (Fsp3) is 0.750. The Kier molecular flexibility index (Phi) is 11.6. The number of rotatable bonds is 6. The Morgan fingerprint density at radius 2 is 1.92 bits per heavy atom. The van der Waals surface area contributed by atoms with Crippen molar-refractivity contribution in [2.45, 2.75) is 20.3 Å². The predicted molar refractivity (Wildman–Crippen MR) is 44.3 cm³/mol. The fourth-order valence-corrected chi connectivity index (χ4v) is 0.910. The average Bonchev–Trinajstić information content (AvgIpc) is 1.98. The molecule has 3 nitrogen and oxygen atoms in total. The van der Waals surface area contributed by atoms with Crippen LogP contribution >= 0.6 is 0 Å². The SMILES string of the molecule is CCN(CC)CC[CH-]C(=O)O.[Na+]. The van der Waals surface area contributed by atoms with Gasteiger partial charge in [0, 0.05) is 0 Å².